The average Bonchev–Trinajstić information content (AvgIpc) is 3.42. The van der Waals surface area contributed by atoms with Crippen LogP contribution in [0.5, 0.6) is 0 Å². The van der Waals surface area contributed by atoms with E-state index in [9.17, 15) is 14.4 Å². The first kappa shape index (κ1) is 71.5. The van der Waals surface area contributed by atoms with Crippen LogP contribution in [0, 0.1) is 0 Å². The number of unbranched alkanes of at least 4 members (excludes halogenated alkanes) is 22. The van der Waals surface area contributed by atoms with Gasteiger partial charge in [0.1, 0.15) is 13.2 Å². The van der Waals surface area contributed by atoms with Crippen molar-refractivity contribution in [2.24, 2.45) is 0 Å². The van der Waals surface area contributed by atoms with Gasteiger partial charge in [0.05, 0.1) is 0 Å². The van der Waals surface area contributed by atoms with Crippen molar-refractivity contribution in [1.82, 2.24) is 0 Å². The van der Waals surface area contributed by atoms with Crippen molar-refractivity contribution < 1.29 is 28.6 Å². The molecule has 1 unspecified atom stereocenters. The van der Waals surface area contributed by atoms with Crippen molar-refractivity contribution in [3.05, 3.63) is 134 Å². The largest absolute Gasteiger partial charge is 0.462 e. The molecule has 1 atom stereocenters. The topological polar surface area (TPSA) is 78.9 Å². The molecule has 0 radical (unpaired) electrons. The molecular weight excluding hydrogens is 937 g/mol. The molecule has 0 bridgehead atoms. The van der Waals surface area contributed by atoms with Gasteiger partial charge in [-0.05, 0) is 116 Å². The van der Waals surface area contributed by atoms with Gasteiger partial charge in [-0.15, -0.1) is 0 Å². The van der Waals surface area contributed by atoms with Crippen LogP contribution in [0.2, 0.25) is 0 Å². The fourth-order valence-electron chi connectivity index (χ4n) is 8.30. The third kappa shape index (κ3) is 60.4. The quantitative estimate of drug-likeness (QED) is 0.0261. The molecule has 0 saturated heterocycles. The lowest BCUT2D eigenvalue weighted by Gasteiger charge is -2.18. The average molecular weight is 1050 g/mol. The lowest BCUT2D eigenvalue weighted by molar-refractivity contribution is -0.167. The van der Waals surface area contributed by atoms with Crippen molar-refractivity contribution in [2.45, 2.75) is 277 Å². The molecule has 0 aromatic carbocycles. The van der Waals surface area contributed by atoms with Crippen LogP contribution in [-0.2, 0) is 28.6 Å². The maximum absolute atomic E-state index is 12.9. The predicted molar refractivity (Wildman–Crippen MR) is 329 cm³/mol. The highest BCUT2D eigenvalue weighted by Crippen LogP contribution is 2.15. The summed E-state index contributed by atoms with van der Waals surface area (Å²) in [4.78, 5) is 38.2. The zero-order valence-corrected chi connectivity index (χ0v) is 49.2. The Kier molecular flexibility index (Phi) is 59.4. The van der Waals surface area contributed by atoms with E-state index < -0.39 is 6.10 Å². The molecule has 0 aliphatic rings. The van der Waals surface area contributed by atoms with Crippen LogP contribution >= 0.6 is 0 Å². The monoisotopic (exact) mass is 1050 g/mol. The minimum absolute atomic E-state index is 0.0896. The van der Waals surface area contributed by atoms with Gasteiger partial charge in [-0.3, -0.25) is 14.4 Å². The molecule has 0 aromatic heterocycles. The molecule has 0 aromatic rings. The molecule has 430 valence electrons. The molecule has 0 rings (SSSR count). The molecule has 0 fully saturated rings. The summed E-state index contributed by atoms with van der Waals surface area (Å²) in [6.45, 7) is 6.38. The Morgan fingerprint density at radius 3 is 0.803 bits per heavy atom. The zero-order chi connectivity index (χ0) is 55.0. The normalized spacial score (nSPS) is 13.0. The summed E-state index contributed by atoms with van der Waals surface area (Å²) < 4.78 is 16.9. The highest BCUT2D eigenvalue weighted by atomic mass is 16.6. The third-order valence-electron chi connectivity index (χ3n) is 12.9. The van der Waals surface area contributed by atoms with E-state index in [1.165, 1.54) is 77.0 Å². The Morgan fingerprint density at radius 2 is 0.513 bits per heavy atom. The van der Waals surface area contributed by atoms with E-state index >= 15 is 0 Å². The van der Waals surface area contributed by atoms with Crippen molar-refractivity contribution in [1.29, 1.82) is 0 Å². The maximum Gasteiger partial charge on any atom is 0.306 e. The Morgan fingerprint density at radius 1 is 0.276 bits per heavy atom. The first-order valence-electron chi connectivity index (χ1n) is 31.2. The Hall–Kier alpha value is -4.45. The molecule has 0 saturated carbocycles. The standard InChI is InChI=1S/C70H114O6/c1-4-7-10-13-16-19-22-24-26-28-30-32-33-34-35-36-37-39-40-42-44-46-48-51-54-57-60-63-69(72)75-66-67(65-74-68(71)62-59-56-53-50-21-18-15-12-9-6-3)76-70(73)64-61-58-55-52-49-47-45-43-41-38-31-29-27-25-23-20-17-14-11-8-5-2/h7-8,10-11,16-17,19-20,24-27,30-32,34-35,37-39,42,44,67H,4-6,9,12-15,18,21-23,28-29,33,36,40-41,43,45-66H2,1-3H3/b10-7-,11-8-,19-16-,20-17-,26-24-,27-25-,32-30-,35-34-,38-31-,39-37-,44-42-. The van der Waals surface area contributed by atoms with Crippen LogP contribution < -0.4 is 0 Å². The zero-order valence-electron chi connectivity index (χ0n) is 49.2. The van der Waals surface area contributed by atoms with E-state index in [0.717, 1.165) is 154 Å². The van der Waals surface area contributed by atoms with E-state index in [4.69, 9.17) is 14.2 Å². The predicted octanol–water partition coefficient (Wildman–Crippen LogP) is 21.4. The van der Waals surface area contributed by atoms with Gasteiger partial charge in [0.15, 0.2) is 6.10 Å². The first-order valence-corrected chi connectivity index (χ1v) is 31.2. The number of ether oxygens (including phenoxy) is 3. The summed E-state index contributed by atoms with van der Waals surface area (Å²) in [5.74, 6) is -0.918. The summed E-state index contributed by atoms with van der Waals surface area (Å²) in [5, 5.41) is 0. The number of hydrogen-bond acceptors (Lipinski definition) is 6. The van der Waals surface area contributed by atoms with Gasteiger partial charge in [-0.25, -0.2) is 0 Å². The van der Waals surface area contributed by atoms with E-state index in [-0.39, 0.29) is 31.1 Å². The Balaban J connectivity index is 4.35. The van der Waals surface area contributed by atoms with E-state index in [1.807, 2.05) is 0 Å². The fourth-order valence-corrected chi connectivity index (χ4v) is 8.30. The summed E-state index contributed by atoms with van der Waals surface area (Å²) >= 11 is 0. The van der Waals surface area contributed by atoms with Crippen LogP contribution in [0.1, 0.15) is 271 Å². The Bertz CT molecular complexity index is 1630. The summed E-state index contributed by atoms with van der Waals surface area (Å²) in [5.41, 5.74) is 0. The number of esters is 3. The van der Waals surface area contributed by atoms with Crippen LogP contribution in [0.25, 0.3) is 0 Å². The highest BCUT2D eigenvalue weighted by molar-refractivity contribution is 5.71. The van der Waals surface area contributed by atoms with Crippen LogP contribution in [-0.4, -0.2) is 37.2 Å². The second-order valence-electron chi connectivity index (χ2n) is 20.2. The summed E-state index contributed by atoms with van der Waals surface area (Å²) in [7, 11) is 0. The van der Waals surface area contributed by atoms with Crippen molar-refractivity contribution >= 4 is 17.9 Å². The lowest BCUT2D eigenvalue weighted by atomic mass is 10.1. The molecule has 0 N–H and O–H groups in total. The van der Waals surface area contributed by atoms with Gasteiger partial charge in [-0.2, -0.15) is 0 Å². The van der Waals surface area contributed by atoms with Crippen LogP contribution in [0.15, 0.2) is 134 Å². The van der Waals surface area contributed by atoms with Crippen LogP contribution in [0.3, 0.4) is 0 Å². The molecule has 0 amide bonds. The number of hydrogen-bond donors (Lipinski definition) is 0. The van der Waals surface area contributed by atoms with Gasteiger partial charge in [0, 0.05) is 19.3 Å². The molecule has 0 heterocycles. The van der Waals surface area contributed by atoms with Crippen molar-refractivity contribution in [2.75, 3.05) is 13.2 Å². The minimum Gasteiger partial charge on any atom is -0.462 e. The van der Waals surface area contributed by atoms with Gasteiger partial charge >= 0.3 is 17.9 Å². The molecule has 0 aliphatic carbocycles. The number of carbonyl (C=O) groups is 3. The summed E-state index contributed by atoms with van der Waals surface area (Å²) in [6, 6.07) is 0. The van der Waals surface area contributed by atoms with Gasteiger partial charge in [0.25, 0.3) is 0 Å². The second kappa shape index (κ2) is 63.1. The van der Waals surface area contributed by atoms with Crippen molar-refractivity contribution in [3.63, 3.8) is 0 Å². The minimum atomic E-state index is -0.794. The third-order valence-corrected chi connectivity index (χ3v) is 12.9. The second-order valence-corrected chi connectivity index (χ2v) is 20.2. The van der Waals surface area contributed by atoms with E-state index in [2.05, 4.69) is 154 Å². The van der Waals surface area contributed by atoms with Gasteiger partial charge < -0.3 is 14.2 Å². The number of carbonyl (C=O) groups excluding carboxylic acids is 3. The molecule has 6 nitrogen and oxygen atoms in total. The maximum atomic E-state index is 12.9. The molecule has 0 aliphatic heterocycles. The van der Waals surface area contributed by atoms with Gasteiger partial charge in [-0.1, -0.05) is 270 Å². The molecule has 6 heteroatoms. The number of rotatable bonds is 55. The summed E-state index contributed by atoms with van der Waals surface area (Å²) in [6.07, 6.45) is 88.8. The van der Waals surface area contributed by atoms with Crippen LogP contribution in [0.4, 0.5) is 0 Å². The number of allylic oxidation sites excluding steroid dienone is 22. The molecule has 0 spiro atoms. The smallest absolute Gasteiger partial charge is 0.306 e. The lowest BCUT2D eigenvalue weighted by Crippen LogP contribution is -2.30. The van der Waals surface area contributed by atoms with Crippen molar-refractivity contribution in [3.8, 4) is 0 Å². The first-order chi connectivity index (χ1) is 37.5. The molecular formula is C70H114O6. The Labute approximate surface area is 468 Å². The SMILES string of the molecule is CC/C=C\C/C=C\C/C=C\C/C=C\C/C=C\C/C=C\C/C=C\CCCCCCCC(=O)OCC(COC(=O)CCCCCCCCCCCC)OC(=O)CCCCCCCCCC/C=C\C/C=C\C/C=C\C/C=C\CC. The highest BCUT2D eigenvalue weighted by Gasteiger charge is 2.19. The van der Waals surface area contributed by atoms with Gasteiger partial charge in [0.2, 0.25) is 0 Å². The fraction of sp³-hybridized carbons (Fsp3) is 0.643. The van der Waals surface area contributed by atoms with E-state index in [0.29, 0.717) is 19.3 Å². The molecule has 76 heavy (non-hydrogen) atoms. The van der Waals surface area contributed by atoms with E-state index in [1.54, 1.807) is 0 Å².